The van der Waals surface area contributed by atoms with Gasteiger partial charge in [-0.2, -0.15) is 0 Å². The van der Waals surface area contributed by atoms with Crippen molar-refractivity contribution in [2.75, 3.05) is 5.32 Å². The molecule has 124 valence electrons. The van der Waals surface area contributed by atoms with Gasteiger partial charge in [-0.05, 0) is 44.2 Å². The van der Waals surface area contributed by atoms with Crippen molar-refractivity contribution in [2.45, 2.75) is 27.3 Å². The molecule has 0 aliphatic rings. The molecular weight excluding hydrogens is 372 g/mol. The van der Waals surface area contributed by atoms with Crippen molar-refractivity contribution in [1.29, 1.82) is 0 Å². The molecule has 0 radical (unpaired) electrons. The summed E-state index contributed by atoms with van der Waals surface area (Å²) in [4.78, 5) is 12.3. The largest absolute Gasteiger partial charge is 0.421 e. The maximum Gasteiger partial charge on any atom is 0.249 e. The number of anilines is 1. The molecule has 0 saturated carbocycles. The average molecular weight is 389 g/mol. The fourth-order valence-corrected chi connectivity index (χ4v) is 2.81. The summed E-state index contributed by atoms with van der Waals surface area (Å²) in [5.41, 5.74) is 3.49. The lowest BCUT2D eigenvalue weighted by Crippen LogP contribution is -2.20. The minimum Gasteiger partial charge on any atom is -0.421 e. The van der Waals surface area contributed by atoms with Crippen LogP contribution in [0.15, 0.2) is 39.2 Å². The predicted molar refractivity (Wildman–Crippen MR) is 94.7 cm³/mol. The Hall–Kier alpha value is -2.41. The van der Waals surface area contributed by atoms with Gasteiger partial charge in [-0.3, -0.25) is 4.79 Å². The van der Waals surface area contributed by atoms with Crippen LogP contribution >= 0.6 is 15.9 Å². The van der Waals surface area contributed by atoms with Crippen LogP contribution in [0.3, 0.4) is 0 Å². The summed E-state index contributed by atoms with van der Waals surface area (Å²) in [5, 5.41) is 10.8. The third-order valence-electron chi connectivity index (χ3n) is 3.76. The molecule has 2 heterocycles. The molecule has 7 heteroatoms. The van der Waals surface area contributed by atoms with Gasteiger partial charge in [0.2, 0.25) is 17.7 Å². The second-order valence-electron chi connectivity index (χ2n) is 5.55. The van der Waals surface area contributed by atoms with Crippen molar-refractivity contribution in [3.63, 3.8) is 0 Å². The third kappa shape index (κ3) is 3.41. The number of benzene rings is 1. The molecule has 3 rings (SSSR count). The molecule has 0 saturated heterocycles. The maximum absolute atomic E-state index is 12.3. The fourth-order valence-electron chi connectivity index (χ4n) is 2.54. The molecule has 0 spiro atoms. The summed E-state index contributed by atoms with van der Waals surface area (Å²) in [6, 6.07) is 9.43. The first kappa shape index (κ1) is 16.4. The van der Waals surface area contributed by atoms with Gasteiger partial charge in [-0.15, -0.1) is 10.2 Å². The molecule has 0 atom stereocenters. The van der Waals surface area contributed by atoms with Gasteiger partial charge in [-0.25, -0.2) is 0 Å². The Morgan fingerprint density at radius 1 is 1.21 bits per heavy atom. The second-order valence-corrected chi connectivity index (χ2v) is 6.47. The van der Waals surface area contributed by atoms with Crippen LogP contribution in [-0.4, -0.2) is 20.7 Å². The molecule has 0 fully saturated rings. The Morgan fingerprint density at radius 2 is 1.92 bits per heavy atom. The van der Waals surface area contributed by atoms with E-state index in [1.807, 2.05) is 48.7 Å². The number of hydrogen-bond donors (Lipinski definition) is 1. The van der Waals surface area contributed by atoms with E-state index in [0.717, 1.165) is 27.1 Å². The van der Waals surface area contributed by atoms with Crippen molar-refractivity contribution in [2.24, 2.45) is 0 Å². The van der Waals surface area contributed by atoms with E-state index in [1.165, 1.54) is 0 Å². The Balaban J connectivity index is 1.78. The van der Waals surface area contributed by atoms with Crippen LogP contribution in [0.25, 0.3) is 11.5 Å². The van der Waals surface area contributed by atoms with Crippen LogP contribution in [0.1, 0.15) is 17.3 Å². The lowest BCUT2D eigenvalue weighted by Gasteiger charge is -2.10. The number of hydrogen-bond acceptors (Lipinski definition) is 4. The molecule has 0 aliphatic heterocycles. The lowest BCUT2D eigenvalue weighted by atomic mass is 10.2. The topological polar surface area (TPSA) is 73.0 Å². The van der Waals surface area contributed by atoms with Gasteiger partial charge in [0, 0.05) is 28.5 Å². The number of carbonyl (C=O) groups excluding carboxylic acids is 1. The van der Waals surface area contributed by atoms with E-state index in [1.54, 1.807) is 6.92 Å². The van der Waals surface area contributed by atoms with Crippen LogP contribution < -0.4 is 5.32 Å². The number of aromatic nitrogens is 3. The summed E-state index contributed by atoms with van der Waals surface area (Å²) in [7, 11) is 0. The minimum absolute atomic E-state index is 0.0904. The molecule has 0 unspecified atom stereocenters. The van der Waals surface area contributed by atoms with Crippen LogP contribution in [-0.2, 0) is 11.3 Å². The zero-order chi connectivity index (χ0) is 17.3. The summed E-state index contributed by atoms with van der Waals surface area (Å²) >= 11 is 3.37. The first-order valence-electron chi connectivity index (χ1n) is 7.46. The minimum atomic E-state index is -0.0904. The Labute approximate surface area is 148 Å². The normalized spacial score (nSPS) is 10.8. The number of carbonyl (C=O) groups is 1. The van der Waals surface area contributed by atoms with Crippen molar-refractivity contribution in [3.8, 4) is 11.5 Å². The van der Waals surface area contributed by atoms with Crippen LogP contribution in [0.2, 0.25) is 0 Å². The van der Waals surface area contributed by atoms with Gasteiger partial charge in [0.05, 0.1) is 5.56 Å². The number of halogens is 1. The summed E-state index contributed by atoms with van der Waals surface area (Å²) in [6.45, 7) is 5.86. The highest BCUT2D eigenvalue weighted by molar-refractivity contribution is 9.10. The van der Waals surface area contributed by atoms with E-state index < -0.39 is 0 Å². The van der Waals surface area contributed by atoms with Gasteiger partial charge in [0.15, 0.2) is 0 Å². The Morgan fingerprint density at radius 3 is 2.54 bits per heavy atom. The summed E-state index contributed by atoms with van der Waals surface area (Å²) < 4.78 is 8.39. The van der Waals surface area contributed by atoms with E-state index in [9.17, 15) is 4.79 Å². The second kappa shape index (κ2) is 6.60. The molecule has 6 nitrogen and oxygen atoms in total. The highest BCUT2D eigenvalue weighted by atomic mass is 79.9. The molecule has 2 aromatic heterocycles. The Bertz CT molecular complexity index is 881. The molecule has 1 amide bonds. The molecule has 24 heavy (non-hydrogen) atoms. The number of amides is 1. The third-order valence-corrected chi connectivity index (χ3v) is 4.29. The van der Waals surface area contributed by atoms with Crippen LogP contribution in [0, 0.1) is 20.8 Å². The number of rotatable bonds is 4. The highest BCUT2D eigenvalue weighted by Crippen LogP contribution is 2.26. The van der Waals surface area contributed by atoms with Crippen molar-refractivity contribution < 1.29 is 9.21 Å². The number of nitrogens with one attached hydrogen (secondary N) is 1. The van der Waals surface area contributed by atoms with Crippen molar-refractivity contribution in [3.05, 3.63) is 52.1 Å². The van der Waals surface area contributed by atoms with E-state index in [2.05, 4.69) is 31.4 Å². The Kier molecular flexibility index (Phi) is 4.53. The summed E-state index contributed by atoms with van der Waals surface area (Å²) in [5.74, 6) is 0.898. The van der Waals surface area contributed by atoms with Crippen molar-refractivity contribution >= 4 is 27.5 Å². The molecule has 0 bridgehead atoms. The molecular formula is C17H17BrN4O2. The van der Waals surface area contributed by atoms with Gasteiger partial charge in [0.25, 0.3) is 0 Å². The van der Waals surface area contributed by atoms with E-state index in [0.29, 0.717) is 11.8 Å². The average Bonchev–Trinajstić information content (AvgIpc) is 3.08. The molecule has 1 N–H and O–H groups in total. The first-order valence-corrected chi connectivity index (χ1v) is 8.26. The molecule has 0 aliphatic carbocycles. The number of aryl methyl sites for hydroxylation is 2. The fraction of sp³-hybridized carbons (Fsp3) is 0.235. The zero-order valence-corrected chi connectivity index (χ0v) is 15.2. The van der Waals surface area contributed by atoms with E-state index in [-0.39, 0.29) is 12.5 Å². The molecule has 3 aromatic rings. The smallest absolute Gasteiger partial charge is 0.249 e. The zero-order valence-electron chi connectivity index (χ0n) is 13.6. The number of nitrogens with zero attached hydrogens (tertiary/aromatic N) is 3. The highest BCUT2D eigenvalue weighted by Gasteiger charge is 2.17. The predicted octanol–water partition coefficient (Wildman–Crippen LogP) is 3.86. The molecule has 1 aromatic carbocycles. The lowest BCUT2D eigenvalue weighted by molar-refractivity contribution is -0.116. The van der Waals surface area contributed by atoms with E-state index >= 15 is 0 Å². The maximum atomic E-state index is 12.3. The monoisotopic (exact) mass is 388 g/mol. The summed E-state index contributed by atoms with van der Waals surface area (Å²) in [6.07, 6.45) is 0. The van der Waals surface area contributed by atoms with Gasteiger partial charge < -0.3 is 14.3 Å². The van der Waals surface area contributed by atoms with Gasteiger partial charge in [0.1, 0.15) is 6.54 Å². The standard InChI is InChI=1S/C17H17BrN4O2/c1-10-8-15(17-21-20-12(3)24-17)11(2)22(10)9-16(23)19-14-6-4-13(18)5-7-14/h4-8H,9H2,1-3H3,(H,19,23). The van der Waals surface area contributed by atoms with Gasteiger partial charge in [-0.1, -0.05) is 15.9 Å². The first-order chi connectivity index (χ1) is 11.4. The quantitative estimate of drug-likeness (QED) is 0.736. The van der Waals surface area contributed by atoms with Crippen molar-refractivity contribution in [1.82, 2.24) is 14.8 Å². The van der Waals surface area contributed by atoms with E-state index in [4.69, 9.17) is 4.42 Å². The van der Waals surface area contributed by atoms with Crippen LogP contribution in [0.4, 0.5) is 5.69 Å². The van der Waals surface area contributed by atoms with Gasteiger partial charge >= 0.3 is 0 Å². The SMILES string of the molecule is Cc1nnc(-c2cc(C)n(CC(=O)Nc3ccc(Br)cc3)c2C)o1. The van der Waals surface area contributed by atoms with Crippen LogP contribution in [0.5, 0.6) is 0 Å².